The minimum absolute atomic E-state index is 0.0139. The molecule has 0 fully saturated rings. The quantitative estimate of drug-likeness (QED) is 0.154. The molecule has 4 aromatic carbocycles. The van der Waals surface area contributed by atoms with Crippen LogP contribution in [0.2, 0.25) is 0 Å². The van der Waals surface area contributed by atoms with Gasteiger partial charge in [0.15, 0.2) is 17.5 Å². The van der Waals surface area contributed by atoms with Gasteiger partial charge < -0.3 is 0 Å². The van der Waals surface area contributed by atoms with Gasteiger partial charge in [0.25, 0.3) is 0 Å². The Hall–Kier alpha value is -3.14. The van der Waals surface area contributed by atoms with Crippen LogP contribution in [0.25, 0.3) is 33.0 Å². The number of hydrogen-bond acceptors (Lipinski definition) is 0. The molecule has 0 heterocycles. The van der Waals surface area contributed by atoms with E-state index >= 15 is 0 Å². The van der Waals surface area contributed by atoms with Crippen molar-refractivity contribution < 1.29 is 17.6 Å². The highest BCUT2D eigenvalue weighted by Gasteiger charge is 2.15. The number of fused-ring (bicyclic) bond motifs is 1. The Morgan fingerprint density at radius 2 is 1.19 bits per heavy atom. The molecule has 0 radical (unpaired) electrons. The van der Waals surface area contributed by atoms with E-state index in [0.29, 0.717) is 5.56 Å². The molecule has 0 saturated carbocycles. The fourth-order valence-corrected chi connectivity index (χ4v) is 4.03. The molecule has 0 spiro atoms. The molecular formula is C28H24F4. The second kappa shape index (κ2) is 9.56. The number of halogens is 4. The molecule has 0 nitrogen and oxygen atoms in total. The highest BCUT2D eigenvalue weighted by molar-refractivity contribution is 5.88. The summed E-state index contributed by atoms with van der Waals surface area (Å²) in [6.07, 6.45) is 5.98. The van der Waals surface area contributed by atoms with E-state index in [4.69, 9.17) is 0 Å². The van der Waals surface area contributed by atoms with E-state index in [2.05, 4.69) is 25.1 Å². The van der Waals surface area contributed by atoms with Gasteiger partial charge in [-0.25, -0.2) is 17.6 Å². The number of benzene rings is 4. The van der Waals surface area contributed by atoms with Crippen molar-refractivity contribution in [3.05, 3.63) is 95.6 Å². The zero-order valence-electron chi connectivity index (χ0n) is 17.9. The van der Waals surface area contributed by atoms with E-state index in [1.54, 1.807) is 6.07 Å². The van der Waals surface area contributed by atoms with E-state index in [0.717, 1.165) is 34.9 Å². The summed E-state index contributed by atoms with van der Waals surface area (Å²) < 4.78 is 55.1. The summed E-state index contributed by atoms with van der Waals surface area (Å²) in [6.45, 7) is 2.20. The first kappa shape index (κ1) is 22.1. The van der Waals surface area contributed by atoms with Crippen molar-refractivity contribution in [2.75, 3.05) is 0 Å². The van der Waals surface area contributed by atoms with Crippen LogP contribution in [0, 0.1) is 23.3 Å². The SMILES string of the molecule is CCCCCCc1ccc2cc(-c3ccc(-c4cc(F)c(F)c(F)c4)c(F)c3)ccc2c1. The zero-order valence-corrected chi connectivity index (χ0v) is 17.9. The lowest BCUT2D eigenvalue weighted by Gasteiger charge is -2.10. The second-order valence-corrected chi connectivity index (χ2v) is 8.16. The van der Waals surface area contributed by atoms with Crippen LogP contribution < -0.4 is 0 Å². The standard InChI is InChI=1S/C28H24F4/c1-2-3-4-5-6-18-7-8-20-14-21(10-9-19(20)13-18)22-11-12-24(25(29)15-22)23-16-26(30)28(32)27(31)17-23/h7-17H,2-6H2,1H3. The molecule has 32 heavy (non-hydrogen) atoms. The molecule has 0 amide bonds. The molecule has 164 valence electrons. The van der Waals surface area contributed by atoms with Crippen LogP contribution in [0.1, 0.15) is 38.2 Å². The highest BCUT2D eigenvalue weighted by atomic mass is 19.2. The first-order valence-electron chi connectivity index (χ1n) is 10.9. The minimum atomic E-state index is -1.56. The van der Waals surface area contributed by atoms with Crippen LogP contribution >= 0.6 is 0 Å². The minimum Gasteiger partial charge on any atom is -0.206 e. The molecule has 0 aromatic heterocycles. The molecule has 0 unspecified atom stereocenters. The van der Waals surface area contributed by atoms with Crippen LogP contribution in [0.5, 0.6) is 0 Å². The van der Waals surface area contributed by atoms with E-state index in [1.807, 2.05) is 18.2 Å². The van der Waals surface area contributed by atoms with Gasteiger partial charge in [-0.05, 0) is 70.1 Å². The van der Waals surface area contributed by atoms with E-state index in [9.17, 15) is 17.6 Å². The van der Waals surface area contributed by atoms with Crippen molar-refractivity contribution >= 4 is 10.8 Å². The normalized spacial score (nSPS) is 11.3. The largest absolute Gasteiger partial charge is 0.206 e. The Kier molecular flexibility index (Phi) is 6.59. The van der Waals surface area contributed by atoms with Gasteiger partial charge in [0, 0.05) is 5.56 Å². The summed E-state index contributed by atoms with van der Waals surface area (Å²) >= 11 is 0. The molecule has 0 N–H and O–H groups in total. The van der Waals surface area contributed by atoms with Crippen LogP contribution in [0.3, 0.4) is 0 Å². The molecule has 0 saturated heterocycles. The van der Waals surface area contributed by atoms with Gasteiger partial charge in [0.2, 0.25) is 0 Å². The van der Waals surface area contributed by atoms with Gasteiger partial charge >= 0.3 is 0 Å². The number of rotatable bonds is 7. The van der Waals surface area contributed by atoms with Gasteiger partial charge in [-0.1, -0.05) is 68.7 Å². The summed E-state index contributed by atoms with van der Waals surface area (Å²) in [5.41, 5.74) is 2.78. The van der Waals surface area contributed by atoms with Crippen molar-refractivity contribution in [2.24, 2.45) is 0 Å². The Bertz CT molecular complexity index is 1240. The van der Waals surface area contributed by atoms with Crippen molar-refractivity contribution in [1.82, 2.24) is 0 Å². The van der Waals surface area contributed by atoms with E-state index in [1.165, 1.54) is 43.4 Å². The molecule has 0 aliphatic carbocycles. The monoisotopic (exact) mass is 436 g/mol. The van der Waals surface area contributed by atoms with Gasteiger partial charge in [0.1, 0.15) is 5.82 Å². The predicted octanol–water partition coefficient (Wildman–Crippen LogP) is 8.85. The topological polar surface area (TPSA) is 0 Å². The Morgan fingerprint density at radius 3 is 1.91 bits per heavy atom. The third kappa shape index (κ3) is 4.69. The van der Waals surface area contributed by atoms with Crippen molar-refractivity contribution in [3.63, 3.8) is 0 Å². The van der Waals surface area contributed by atoms with Gasteiger partial charge in [0.05, 0.1) is 0 Å². The van der Waals surface area contributed by atoms with Crippen molar-refractivity contribution in [1.29, 1.82) is 0 Å². The number of unbranched alkanes of at least 4 members (excludes halogenated alkanes) is 3. The smallest absolute Gasteiger partial charge is 0.194 e. The van der Waals surface area contributed by atoms with Crippen LogP contribution in [0.4, 0.5) is 17.6 Å². The molecular weight excluding hydrogens is 412 g/mol. The van der Waals surface area contributed by atoms with Crippen LogP contribution in [-0.2, 0) is 6.42 Å². The first-order valence-corrected chi connectivity index (χ1v) is 10.9. The lowest BCUT2D eigenvalue weighted by atomic mass is 9.96. The van der Waals surface area contributed by atoms with Gasteiger partial charge in [-0.2, -0.15) is 0 Å². The summed E-state index contributed by atoms with van der Waals surface area (Å²) in [4.78, 5) is 0. The lowest BCUT2D eigenvalue weighted by molar-refractivity contribution is 0.447. The average molecular weight is 436 g/mol. The van der Waals surface area contributed by atoms with Crippen molar-refractivity contribution in [3.8, 4) is 22.3 Å². The molecule has 0 bridgehead atoms. The maximum Gasteiger partial charge on any atom is 0.194 e. The summed E-state index contributed by atoms with van der Waals surface area (Å²) in [5.74, 6) is -4.88. The zero-order chi connectivity index (χ0) is 22.7. The average Bonchev–Trinajstić information content (AvgIpc) is 2.79. The van der Waals surface area contributed by atoms with Crippen molar-refractivity contribution in [2.45, 2.75) is 39.0 Å². The molecule has 0 aliphatic rings. The fraction of sp³-hybridized carbons (Fsp3) is 0.214. The highest BCUT2D eigenvalue weighted by Crippen LogP contribution is 2.31. The molecule has 0 aliphatic heterocycles. The lowest BCUT2D eigenvalue weighted by Crippen LogP contribution is -1.94. The van der Waals surface area contributed by atoms with E-state index in [-0.39, 0.29) is 11.1 Å². The third-order valence-corrected chi connectivity index (χ3v) is 5.82. The van der Waals surface area contributed by atoms with Crippen LogP contribution in [-0.4, -0.2) is 0 Å². The number of hydrogen-bond donors (Lipinski definition) is 0. The predicted molar refractivity (Wildman–Crippen MR) is 122 cm³/mol. The van der Waals surface area contributed by atoms with Crippen LogP contribution in [0.15, 0.2) is 66.7 Å². The maximum atomic E-state index is 14.8. The summed E-state index contributed by atoms with van der Waals surface area (Å²) in [5, 5.41) is 2.20. The second-order valence-electron chi connectivity index (χ2n) is 8.16. The molecule has 0 atom stereocenters. The molecule has 4 rings (SSSR count). The van der Waals surface area contributed by atoms with Gasteiger partial charge in [-0.15, -0.1) is 0 Å². The summed E-state index contributed by atoms with van der Waals surface area (Å²) in [7, 11) is 0. The number of aryl methyl sites for hydroxylation is 1. The Morgan fingerprint density at radius 1 is 0.562 bits per heavy atom. The summed E-state index contributed by atoms with van der Waals surface area (Å²) in [6, 6.07) is 18.5. The van der Waals surface area contributed by atoms with Gasteiger partial charge in [-0.3, -0.25) is 0 Å². The Balaban J connectivity index is 1.59. The maximum absolute atomic E-state index is 14.8. The molecule has 4 heteroatoms. The first-order chi connectivity index (χ1) is 15.5. The molecule has 4 aromatic rings. The third-order valence-electron chi connectivity index (χ3n) is 5.82. The fourth-order valence-electron chi connectivity index (χ4n) is 4.03. The Labute approximate surface area is 185 Å². The van der Waals surface area contributed by atoms with E-state index < -0.39 is 23.3 Å².